The summed E-state index contributed by atoms with van der Waals surface area (Å²) in [6, 6.07) is 1.65. The van der Waals surface area contributed by atoms with E-state index in [0.29, 0.717) is 5.41 Å². The third-order valence-electron chi connectivity index (χ3n) is 5.88. The van der Waals surface area contributed by atoms with Gasteiger partial charge >= 0.3 is 0 Å². The molecule has 1 aliphatic carbocycles. The molecule has 0 spiro atoms. The van der Waals surface area contributed by atoms with E-state index in [0.717, 1.165) is 24.5 Å². The van der Waals surface area contributed by atoms with Crippen molar-refractivity contribution in [1.29, 1.82) is 0 Å². The molecule has 0 amide bonds. The third-order valence-corrected chi connectivity index (χ3v) is 5.88. The molecule has 2 rings (SSSR count). The molecule has 4 atom stereocenters. The molecule has 0 aromatic rings. The summed E-state index contributed by atoms with van der Waals surface area (Å²) < 4.78 is 0. The molecule has 1 N–H and O–H groups in total. The highest BCUT2D eigenvalue weighted by Gasteiger charge is 2.40. The Morgan fingerprint density at radius 2 is 1.95 bits per heavy atom. The van der Waals surface area contributed by atoms with Gasteiger partial charge in [0.15, 0.2) is 0 Å². The molecule has 1 heterocycles. The number of nitrogens with one attached hydrogen (secondary N) is 1. The van der Waals surface area contributed by atoms with E-state index < -0.39 is 0 Å². The minimum absolute atomic E-state index is 0.541. The highest BCUT2D eigenvalue weighted by atomic mass is 15.2. The lowest BCUT2D eigenvalue weighted by molar-refractivity contribution is 0.0569. The van der Waals surface area contributed by atoms with Crippen LogP contribution in [0.15, 0.2) is 0 Å². The zero-order valence-corrected chi connectivity index (χ0v) is 14.3. The molecule has 2 fully saturated rings. The molecule has 1 aliphatic heterocycles. The second-order valence-electron chi connectivity index (χ2n) is 7.64. The number of hydrogen-bond acceptors (Lipinski definition) is 2. The lowest BCUT2D eigenvalue weighted by Crippen LogP contribution is -2.49. The summed E-state index contributed by atoms with van der Waals surface area (Å²) in [6.07, 6.45) is 9.91. The summed E-state index contributed by atoms with van der Waals surface area (Å²) in [5.41, 5.74) is 0.541. The van der Waals surface area contributed by atoms with Gasteiger partial charge in [-0.2, -0.15) is 0 Å². The Balaban J connectivity index is 2.06. The molecule has 0 bridgehead atoms. The summed E-state index contributed by atoms with van der Waals surface area (Å²) in [7, 11) is 0. The minimum Gasteiger partial charge on any atom is -0.316 e. The number of hydrogen-bond donors (Lipinski definition) is 1. The average molecular weight is 280 g/mol. The molecule has 0 aromatic heterocycles. The lowest BCUT2D eigenvalue weighted by Gasteiger charge is -2.45. The van der Waals surface area contributed by atoms with Crippen LogP contribution in [0.5, 0.6) is 0 Å². The Morgan fingerprint density at radius 3 is 2.60 bits per heavy atom. The van der Waals surface area contributed by atoms with Gasteiger partial charge in [-0.15, -0.1) is 0 Å². The van der Waals surface area contributed by atoms with Crippen molar-refractivity contribution in [2.45, 2.75) is 84.7 Å². The first-order valence-electron chi connectivity index (χ1n) is 9.06. The maximum atomic E-state index is 3.67. The van der Waals surface area contributed by atoms with Gasteiger partial charge in [0.2, 0.25) is 0 Å². The quantitative estimate of drug-likeness (QED) is 0.789. The van der Waals surface area contributed by atoms with Gasteiger partial charge in [0.1, 0.15) is 0 Å². The smallest absolute Gasteiger partial charge is 0.00962 e. The molecule has 0 aromatic carbocycles. The highest BCUT2D eigenvalue weighted by Crippen LogP contribution is 2.42. The summed E-state index contributed by atoms with van der Waals surface area (Å²) in [4.78, 5) is 2.86. The van der Waals surface area contributed by atoms with Gasteiger partial charge in [-0.3, -0.25) is 4.90 Å². The zero-order valence-electron chi connectivity index (χ0n) is 14.3. The van der Waals surface area contributed by atoms with Crippen molar-refractivity contribution in [2.24, 2.45) is 11.3 Å². The highest BCUT2D eigenvalue weighted by molar-refractivity contribution is 4.94. The minimum atomic E-state index is 0.541. The van der Waals surface area contributed by atoms with E-state index in [2.05, 4.69) is 37.9 Å². The van der Waals surface area contributed by atoms with Crippen molar-refractivity contribution in [2.75, 3.05) is 19.6 Å². The Bertz CT molecular complexity index is 291. The molecule has 0 radical (unpaired) electrons. The van der Waals surface area contributed by atoms with E-state index in [4.69, 9.17) is 0 Å². The van der Waals surface area contributed by atoms with Crippen LogP contribution < -0.4 is 5.32 Å². The van der Waals surface area contributed by atoms with Crippen LogP contribution in [0.1, 0.15) is 72.6 Å². The summed E-state index contributed by atoms with van der Waals surface area (Å²) in [5.74, 6) is 0.917. The van der Waals surface area contributed by atoms with E-state index in [1.807, 2.05) is 0 Å². The largest absolute Gasteiger partial charge is 0.316 e. The van der Waals surface area contributed by atoms with Crippen molar-refractivity contribution in [3.63, 3.8) is 0 Å². The maximum absolute atomic E-state index is 3.67. The van der Waals surface area contributed by atoms with Crippen molar-refractivity contribution in [1.82, 2.24) is 10.2 Å². The van der Waals surface area contributed by atoms with E-state index >= 15 is 0 Å². The van der Waals surface area contributed by atoms with Gasteiger partial charge in [-0.05, 0) is 56.9 Å². The Hall–Kier alpha value is -0.0800. The van der Waals surface area contributed by atoms with Gasteiger partial charge in [0, 0.05) is 25.2 Å². The van der Waals surface area contributed by atoms with Gasteiger partial charge < -0.3 is 5.32 Å². The first kappa shape index (κ1) is 16.3. The molecule has 4 unspecified atom stereocenters. The predicted octanol–water partition coefficient (Wildman–Crippen LogP) is 4.06. The summed E-state index contributed by atoms with van der Waals surface area (Å²) >= 11 is 0. The van der Waals surface area contributed by atoms with Crippen molar-refractivity contribution < 1.29 is 0 Å². The lowest BCUT2D eigenvalue weighted by atomic mass is 9.69. The van der Waals surface area contributed by atoms with E-state index in [9.17, 15) is 0 Å². The van der Waals surface area contributed by atoms with E-state index in [1.165, 1.54) is 58.0 Å². The molecule has 118 valence electrons. The Morgan fingerprint density at radius 1 is 1.15 bits per heavy atom. The summed E-state index contributed by atoms with van der Waals surface area (Å²) in [6.45, 7) is 13.2. The second-order valence-corrected chi connectivity index (χ2v) is 7.64. The van der Waals surface area contributed by atoms with Crippen molar-refractivity contribution in [3.8, 4) is 0 Å². The molecular weight excluding hydrogens is 244 g/mol. The monoisotopic (exact) mass is 280 g/mol. The fraction of sp³-hybridized carbons (Fsp3) is 1.00. The normalized spacial score (nSPS) is 39.3. The van der Waals surface area contributed by atoms with Crippen molar-refractivity contribution in [3.05, 3.63) is 0 Å². The third kappa shape index (κ3) is 3.76. The number of rotatable bonds is 6. The van der Waals surface area contributed by atoms with Crippen LogP contribution in [0.4, 0.5) is 0 Å². The predicted molar refractivity (Wildman–Crippen MR) is 88.1 cm³/mol. The molecule has 2 heteroatoms. The zero-order chi connectivity index (χ0) is 14.6. The van der Waals surface area contributed by atoms with Crippen LogP contribution in [-0.4, -0.2) is 36.6 Å². The van der Waals surface area contributed by atoms with Crippen LogP contribution >= 0.6 is 0 Å². The van der Waals surface area contributed by atoms with Crippen LogP contribution in [0.3, 0.4) is 0 Å². The van der Waals surface area contributed by atoms with Gasteiger partial charge in [-0.25, -0.2) is 0 Å². The van der Waals surface area contributed by atoms with Crippen molar-refractivity contribution >= 4 is 0 Å². The van der Waals surface area contributed by atoms with Crippen LogP contribution in [0.2, 0.25) is 0 Å². The van der Waals surface area contributed by atoms with Gasteiger partial charge in [0.25, 0.3) is 0 Å². The average Bonchev–Trinajstić information content (AvgIpc) is 2.77. The summed E-state index contributed by atoms with van der Waals surface area (Å²) in [5, 5.41) is 3.67. The van der Waals surface area contributed by atoms with E-state index in [-0.39, 0.29) is 0 Å². The Kier molecular flexibility index (Phi) is 5.92. The molecule has 20 heavy (non-hydrogen) atoms. The molecule has 1 saturated carbocycles. The molecule has 1 saturated heterocycles. The van der Waals surface area contributed by atoms with Crippen LogP contribution in [-0.2, 0) is 0 Å². The molecule has 2 aliphatic rings. The second kappa shape index (κ2) is 7.26. The first-order chi connectivity index (χ1) is 9.60. The van der Waals surface area contributed by atoms with E-state index in [1.54, 1.807) is 0 Å². The fourth-order valence-electron chi connectivity index (χ4n) is 4.76. The van der Waals surface area contributed by atoms with Gasteiger partial charge in [-0.1, -0.05) is 33.6 Å². The number of likely N-dealkylation sites (tertiary alicyclic amines) is 1. The van der Waals surface area contributed by atoms with Crippen LogP contribution in [0.25, 0.3) is 0 Å². The number of nitrogens with zero attached hydrogens (tertiary/aromatic N) is 1. The SMILES string of the molecule is CCNCC1(CN2C(C)CCC2CC)CCCC(C)C1. The van der Waals surface area contributed by atoms with Crippen LogP contribution in [0, 0.1) is 11.3 Å². The molecule has 2 nitrogen and oxygen atoms in total. The fourth-order valence-corrected chi connectivity index (χ4v) is 4.76. The topological polar surface area (TPSA) is 15.3 Å². The maximum Gasteiger partial charge on any atom is 0.00962 e. The standard InChI is InChI=1S/C18H36N2/c1-5-17-10-9-16(4)20(17)14-18(13-19-6-2)11-7-8-15(3)12-18/h15-17,19H,5-14H2,1-4H3. The Labute approximate surface area is 126 Å². The molecular formula is C18H36N2. The first-order valence-corrected chi connectivity index (χ1v) is 9.06. The van der Waals surface area contributed by atoms with Gasteiger partial charge in [0.05, 0.1) is 0 Å².